The summed E-state index contributed by atoms with van der Waals surface area (Å²) in [4.78, 5) is 32.0. The predicted octanol–water partition coefficient (Wildman–Crippen LogP) is 4.55. The molecule has 1 amide bonds. The molecule has 0 atom stereocenters. The Morgan fingerprint density at radius 3 is 2.62 bits per heavy atom. The molecule has 32 heavy (non-hydrogen) atoms. The van der Waals surface area contributed by atoms with Gasteiger partial charge in [0.2, 0.25) is 0 Å². The summed E-state index contributed by atoms with van der Waals surface area (Å²) >= 11 is 0. The highest BCUT2D eigenvalue weighted by Gasteiger charge is 2.14. The molecule has 9 nitrogen and oxygen atoms in total. The average Bonchev–Trinajstić information content (AvgIpc) is 3.34. The van der Waals surface area contributed by atoms with E-state index in [4.69, 9.17) is 4.98 Å². The quantitative estimate of drug-likeness (QED) is 0.325. The lowest BCUT2D eigenvalue weighted by Gasteiger charge is -2.10. The lowest BCUT2D eigenvalue weighted by Crippen LogP contribution is -2.11. The highest BCUT2D eigenvalue weighted by atomic mass is 16.6. The maximum Gasteiger partial charge on any atom is 0.269 e. The summed E-state index contributed by atoms with van der Waals surface area (Å²) in [7, 11) is 0. The molecule has 2 aromatic heterocycles. The van der Waals surface area contributed by atoms with Gasteiger partial charge in [0.1, 0.15) is 11.6 Å². The highest BCUT2D eigenvalue weighted by Crippen LogP contribution is 2.23. The van der Waals surface area contributed by atoms with Crippen molar-refractivity contribution in [2.75, 3.05) is 5.32 Å². The number of nitro benzene ring substituents is 1. The zero-order chi connectivity index (χ0) is 22.7. The fourth-order valence-corrected chi connectivity index (χ4v) is 3.60. The van der Waals surface area contributed by atoms with E-state index in [1.54, 1.807) is 6.20 Å². The Labute approximate surface area is 184 Å². The van der Waals surface area contributed by atoms with Crippen LogP contribution in [0.2, 0.25) is 0 Å². The molecule has 0 aliphatic carbocycles. The molecule has 4 rings (SSSR count). The van der Waals surface area contributed by atoms with Crippen LogP contribution < -0.4 is 5.32 Å². The molecule has 0 saturated carbocycles. The third-order valence-electron chi connectivity index (χ3n) is 5.40. The van der Waals surface area contributed by atoms with Crippen molar-refractivity contribution >= 4 is 28.3 Å². The van der Waals surface area contributed by atoms with Crippen LogP contribution in [0.5, 0.6) is 0 Å². The topological polar surface area (TPSA) is 108 Å². The van der Waals surface area contributed by atoms with Gasteiger partial charge in [0.25, 0.3) is 11.6 Å². The third kappa shape index (κ3) is 4.36. The van der Waals surface area contributed by atoms with Gasteiger partial charge in [-0.05, 0) is 43.7 Å². The van der Waals surface area contributed by atoms with E-state index >= 15 is 0 Å². The van der Waals surface area contributed by atoms with Gasteiger partial charge in [0.05, 0.1) is 22.5 Å². The number of amides is 1. The summed E-state index contributed by atoms with van der Waals surface area (Å²) in [6.07, 6.45) is 5.83. The van der Waals surface area contributed by atoms with E-state index in [9.17, 15) is 14.9 Å². The molecule has 1 N–H and O–H groups in total. The maximum absolute atomic E-state index is 12.6. The Balaban J connectivity index is 1.60. The van der Waals surface area contributed by atoms with Crippen LogP contribution in [0.1, 0.15) is 41.8 Å². The first kappa shape index (κ1) is 21.2. The summed E-state index contributed by atoms with van der Waals surface area (Å²) in [5, 5.41) is 13.7. The number of benzene rings is 2. The summed E-state index contributed by atoms with van der Waals surface area (Å²) in [6, 6.07) is 11.2. The summed E-state index contributed by atoms with van der Waals surface area (Å²) in [5.74, 6) is 1.53. The molecule has 4 aromatic rings. The number of hydrogen-bond donors (Lipinski definition) is 1. The lowest BCUT2D eigenvalue weighted by molar-refractivity contribution is -0.384. The van der Waals surface area contributed by atoms with E-state index in [1.165, 1.54) is 24.3 Å². The number of nitrogens with zero attached hydrogens (tertiary/aromatic N) is 5. The van der Waals surface area contributed by atoms with E-state index < -0.39 is 4.92 Å². The molecule has 0 radical (unpaired) electrons. The number of carbonyl (C=O) groups excluding carboxylic acids is 1. The summed E-state index contributed by atoms with van der Waals surface area (Å²) in [6.45, 7) is 5.61. The Morgan fingerprint density at radius 1 is 1.19 bits per heavy atom. The van der Waals surface area contributed by atoms with Crippen LogP contribution in [0.15, 0.2) is 54.9 Å². The molecule has 9 heteroatoms. The summed E-state index contributed by atoms with van der Waals surface area (Å²) < 4.78 is 4.28. The molecule has 0 fully saturated rings. The second-order valence-corrected chi connectivity index (χ2v) is 7.60. The van der Waals surface area contributed by atoms with E-state index in [1.807, 2.05) is 31.3 Å². The fourth-order valence-electron chi connectivity index (χ4n) is 3.60. The zero-order valence-electron chi connectivity index (χ0n) is 18.0. The molecule has 0 aliphatic rings. The minimum Gasteiger partial charge on any atom is -0.328 e. The second kappa shape index (κ2) is 9.01. The van der Waals surface area contributed by atoms with Crippen molar-refractivity contribution in [1.82, 2.24) is 19.1 Å². The van der Waals surface area contributed by atoms with Gasteiger partial charge in [0, 0.05) is 42.3 Å². The van der Waals surface area contributed by atoms with E-state index in [-0.39, 0.29) is 11.6 Å². The monoisotopic (exact) mass is 432 g/mol. The van der Waals surface area contributed by atoms with Gasteiger partial charge in [-0.3, -0.25) is 14.9 Å². The second-order valence-electron chi connectivity index (χ2n) is 7.60. The minimum atomic E-state index is -0.493. The lowest BCUT2D eigenvalue weighted by atomic mass is 10.2. The van der Waals surface area contributed by atoms with E-state index in [0.29, 0.717) is 17.8 Å². The SMILES string of the molecule is CCCCn1c(Cn2ccnc2C)nc2cc(NC(=O)c3ccc([N+](=O)[O-])cc3)ccc21. The number of aromatic nitrogens is 4. The molecule has 0 saturated heterocycles. The molecule has 0 aliphatic heterocycles. The Morgan fingerprint density at radius 2 is 1.97 bits per heavy atom. The molecular weight excluding hydrogens is 408 g/mol. The van der Waals surface area contributed by atoms with Crippen molar-refractivity contribution in [2.24, 2.45) is 0 Å². The van der Waals surface area contributed by atoms with Crippen molar-refractivity contribution < 1.29 is 9.72 Å². The van der Waals surface area contributed by atoms with Gasteiger partial charge in [0.15, 0.2) is 0 Å². The van der Waals surface area contributed by atoms with E-state index in [2.05, 4.69) is 26.4 Å². The van der Waals surface area contributed by atoms with Crippen molar-refractivity contribution in [2.45, 2.75) is 39.8 Å². The van der Waals surface area contributed by atoms with Gasteiger partial charge in [-0.1, -0.05) is 13.3 Å². The number of anilines is 1. The van der Waals surface area contributed by atoms with Crippen molar-refractivity contribution in [3.8, 4) is 0 Å². The highest BCUT2D eigenvalue weighted by molar-refractivity contribution is 6.05. The number of fused-ring (bicyclic) bond motifs is 1. The predicted molar refractivity (Wildman–Crippen MR) is 122 cm³/mol. The number of hydrogen-bond acceptors (Lipinski definition) is 5. The van der Waals surface area contributed by atoms with Crippen LogP contribution in [0, 0.1) is 17.0 Å². The van der Waals surface area contributed by atoms with Crippen LogP contribution in [0.25, 0.3) is 11.0 Å². The molecule has 0 spiro atoms. The number of unbranched alkanes of at least 4 members (excludes halogenated alkanes) is 1. The standard InChI is InChI=1S/C23H24N6O3/c1-3-4-12-28-21-10-7-18(25-23(30)17-5-8-19(9-6-17)29(31)32)14-20(21)26-22(28)15-27-13-11-24-16(27)2/h5-11,13-14H,3-4,12,15H2,1-2H3,(H,25,30). The summed E-state index contributed by atoms with van der Waals surface area (Å²) in [5.41, 5.74) is 2.72. The average molecular weight is 432 g/mol. The van der Waals surface area contributed by atoms with Crippen LogP contribution >= 0.6 is 0 Å². The van der Waals surface area contributed by atoms with E-state index in [0.717, 1.165) is 42.1 Å². The van der Waals surface area contributed by atoms with Crippen LogP contribution in [-0.2, 0) is 13.1 Å². The maximum atomic E-state index is 12.6. The smallest absolute Gasteiger partial charge is 0.269 e. The number of imidazole rings is 2. The molecule has 2 aromatic carbocycles. The van der Waals surface area contributed by atoms with Crippen molar-refractivity contribution in [1.29, 1.82) is 0 Å². The van der Waals surface area contributed by atoms with Gasteiger partial charge < -0.3 is 14.5 Å². The van der Waals surface area contributed by atoms with Crippen LogP contribution in [0.4, 0.5) is 11.4 Å². The number of rotatable bonds is 8. The normalized spacial score (nSPS) is 11.1. The van der Waals surface area contributed by atoms with Gasteiger partial charge in [-0.25, -0.2) is 9.97 Å². The van der Waals surface area contributed by atoms with Gasteiger partial charge >= 0.3 is 0 Å². The Bertz CT molecular complexity index is 1270. The number of carbonyl (C=O) groups is 1. The first-order chi connectivity index (χ1) is 15.5. The number of aryl methyl sites for hydroxylation is 2. The number of non-ortho nitro benzene ring substituents is 1. The Hall–Kier alpha value is -4.01. The van der Waals surface area contributed by atoms with Crippen molar-refractivity contribution in [3.05, 3.63) is 82.2 Å². The molecule has 0 bridgehead atoms. The van der Waals surface area contributed by atoms with Gasteiger partial charge in [-0.15, -0.1) is 0 Å². The minimum absolute atomic E-state index is 0.0544. The molecule has 2 heterocycles. The Kier molecular flexibility index (Phi) is 5.98. The van der Waals surface area contributed by atoms with Crippen LogP contribution in [-0.4, -0.2) is 29.9 Å². The fraction of sp³-hybridized carbons (Fsp3) is 0.261. The molecule has 0 unspecified atom stereocenters. The largest absolute Gasteiger partial charge is 0.328 e. The van der Waals surface area contributed by atoms with Crippen LogP contribution in [0.3, 0.4) is 0 Å². The molecular formula is C23H24N6O3. The number of nitrogens with one attached hydrogen (secondary N) is 1. The molecule has 164 valence electrons. The number of nitro groups is 1. The third-order valence-corrected chi connectivity index (χ3v) is 5.40. The first-order valence-corrected chi connectivity index (χ1v) is 10.5. The zero-order valence-corrected chi connectivity index (χ0v) is 18.0. The van der Waals surface area contributed by atoms with Gasteiger partial charge in [-0.2, -0.15) is 0 Å². The first-order valence-electron chi connectivity index (χ1n) is 10.5. The van der Waals surface area contributed by atoms with Crippen molar-refractivity contribution in [3.63, 3.8) is 0 Å².